The first kappa shape index (κ1) is 17.9. The maximum absolute atomic E-state index is 11.8. The van der Waals surface area contributed by atoms with Crippen molar-refractivity contribution in [3.63, 3.8) is 0 Å². The van der Waals surface area contributed by atoms with Crippen LogP contribution >= 0.6 is 0 Å². The summed E-state index contributed by atoms with van der Waals surface area (Å²) >= 11 is 0. The molecule has 0 aromatic rings. The zero-order valence-electron chi connectivity index (χ0n) is 14.4. The average Bonchev–Trinajstić information content (AvgIpc) is 2.87. The highest BCUT2D eigenvalue weighted by Crippen LogP contribution is 2.43. The minimum atomic E-state index is -0.826. The van der Waals surface area contributed by atoms with Gasteiger partial charge in [-0.15, -0.1) is 0 Å². The first-order valence-corrected chi connectivity index (χ1v) is 8.42. The van der Waals surface area contributed by atoms with Crippen LogP contribution in [0, 0.1) is 5.92 Å². The van der Waals surface area contributed by atoms with Crippen molar-refractivity contribution in [1.29, 1.82) is 0 Å². The molecule has 130 valence electrons. The van der Waals surface area contributed by atoms with Crippen LogP contribution in [0.3, 0.4) is 0 Å². The van der Waals surface area contributed by atoms with Crippen LogP contribution in [0.4, 0.5) is 0 Å². The number of carbonyl (C=O) groups excluding carboxylic acids is 1. The molecule has 2 aliphatic heterocycles. The Hall–Kier alpha value is -1.40. The summed E-state index contributed by atoms with van der Waals surface area (Å²) < 4.78 is 6.12. The van der Waals surface area contributed by atoms with Gasteiger partial charge in [-0.2, -0.15) is 0 Å². The fourth-order valence-electron chi connectivity index (χ4n) is 4.22. The number of nitrogens with zero attached hydrogens (tertiary/aromatic N) is 1. The van der Waals surface area contributed by atoms with Gasteiger partial charge in [-0.1, -0.05) is 26.0 Å². The second-order valence-electron chi connectivity index (χ2n) is 6.51. The van der Waals surface area contributed by atoms with E-state index in [-0.39, 0.29) is 23.9 Å². The van der Waals surface area contributed by atoms with Gasteiger partial charge in [-0.3, -0.25) is 14.5 Å². The lowest BCUT2D eigenvalue weighted by molar-refractivity contribution is -0.190. The van der Waals surface area contributed by atoms with Crippen LogP contribution in [0.2, 0.25) is 0 Å². The number of rotatable bonds is 5. The molecule has 4 atom stereocenters. The zero-order valence-corrected chi connectivity index (χ0v) is 14.4. The fourth-order valence-corrected chi connectivity index (χ4v) is 4.22. The number of nitrogens with one attached hydrogen (secondary N) is 1. The van der Waals surface area contributed by atoms with Gasteiger partial charge >= 0.3 is 5.97 Å². The van der Waals surface area contributed by atoms with Crippen LogP contribution < -0.4 is 5.32 Å². The average molecular weight is 324 g/mol. The molecule has 1 amide bonds. The summed E-state index contributed by atoms with van der Waals surface area (Å²) in [5, 5.41) is 12.6. The summed E-state index contributed by atoms with van der Waals surface area (Å²) in [4.78, 5) is 25.3. The molecule has 0 spiro atoms. The van der Waals surface area contributed by atoms with E-state index < -0.39 is 17.6 Å². The maximum Gasteiger partial charge on any atom is 0.321 e. The largest absolute Gasteiger partial charge is 0.480 e. The summed E-state index contributed by atoms with van der Waals surface area (Å²) in [5.41, 5.74) is -0.444. The van der Waals surface area contributed by atoms with Crippen LogP contribution in [0.5, 0.6) is 0 Å². The van der Waals surface area contributed by atoms with Crippen molar-refractivity contribution >= 4 is 11.9 Å². The third-order valence-electron chi connectivity index (χ3n) is 5.41. The Kier molecular flexibility index (Phi) is 5.47. The number of carboxylic acids is 1. The number of amides is 1. The number of ether oxygens (including phenoxy) is 1. The van der Waals surface area contributed by atoms with Gasteiger partial charge in [0.1, 0.15) is 12.8 Å². The topological polar surface area (TPSA) is 78.9 Å². The molecule has 2 fully saturated rings. The van der Waals surface area contributed by atoms with E-state index in [9.17, 15) is 14.7 Å². The van der Waals surface area contributed by atoms with Crippen molar-refractivity contribution in [2.24, 2.45) is 5.92 Å². The predicted molar refractivity (Wildman–Crippen MR) is 86.8 cm³/mol. The first-order valence-electron chi connectivity index (χ1n) is 8.42. The van der Waals surface area contributed by atoms with E-state index in [1.807, 2.05) is 17.9 Å². The van der Waals surface area contributed by atoms with Crippen LogP contribution in [-0.2, 0) is 14.3 Å². The summed E-state index contributed by atoms with van der Waals surface area (Å²) in [7, 11) is 0. The van der Waals surface area contributed by atoms with E-state index in [2.05, 4.69) is 25.2 Å². The van der Waals surface area contributed by atoms with Gasteiger partial charge in [0, 0.05) is 13.0 Å². The predicted octanol–water partition coefficient (Wildman–Crippen LogP) is 1.76. The second kappa shape index (κ2) is 7.01. The lowest BCUT2D eigenvalue weighted by Gasteiger charge is -2.51. The van der Waals surface area contributed by atoms with E-state index in [0.717, 1.165) is 12.8 Å². The third-order valence-corrected chi connectivity index (χ3v) is 5.41. The molecule has 2 rings (SSSR count). The molecule has 23 heavy (non-hydrogen) atoms. The summed E-state index contributed by atoms with van der Waals surface area (Å²) in [6, 6.07) is -0.830. The molecular weight excluding hydrogens is 296 g/mol. The van der Waals surface area contributed by atoms with E-state index in [0.29, 0.717) is 13.2 Å². The Bertz CT molecular complexity index is 487. The number of fused-ring (bicyclic) bond motifs is 1. The first-order chi connectivity index (χ1) is 10.9. The SMILES string of the molecule is C/C=C\[C@@H]1C[C@H](C(=O)O)N2COC(CC)(CC)[C@H](NC(C)=O)[C@@H]12. The quantitative estimate of drug-likeness (QED) is 0.753. The molecule has 0 bridgehead atoms. The number of hydrogen-bond acceptors (Lipinski definition) is 4. The van der Waals surface area contributed by atoms with Crippen molar-refractivity contribution in [3.05, 3.63) is 12.2 Å². The van der Waals surface area contributed by atoms with E-state index in [1.54, 1.807) is 0 Å². The van der Waals surface area contributed by atoms with E-state index in [1.165, 1.54) is 6.92 Å². The molecule has 2 heterocycles. The number of aliphatic carboxylic acids is 1. The molecule has 0 saturated carbocycles. The molecule has 0 radical (unpaired) electrons. The molecule has 0 unspecified atom stereocenters. The van der Waals surface area contributed by atoms with Gasteiger partial charge < -0.3 is 15.2 Å². The molecule has 0 aromatic carbocycles. The molecule has 2 saturated heterocycles. The molecule has 6 heteroatoms. The van der Waals surface area contributed by atoms with Gasteiger partial charge in [-0.25, -0.2) is 0 Å². The number of carboxylic acid groups (broad SMARTS) is 1. The summed E-state index contributed by atoms with van der Waals surface area (Å²) in [6.07, 6.45) is 6.13. The lowest BCUT2D eigenvalue weighted by atomic mass is 9.78. The molecule has 0 aliphatic carbocycles. The smallest absolute Gasteiger partial charge is 0.321 e. The Morgan fingerprint density at radius 3 is 2.52 bits per heavy atom. The van der Waals surface area contributed by atoms with Crippen LogP contribution in [0.15, 0.2) is 12.2 Å². The van der Waals surface area contributed by atoms with E-state index in [4.69, 9.17) is 4.74 Å². The van der Waals surface area contributed by atoms with Crippen molar-refractivity contribution in [2.75, 3.05) is 6.73 Å². The van der Waals surface area contributed by atoms with Gasteiger partial charge in [0.25, 0.3) is 0 Å². The highest BCUT2D eigenvalue weighted by atomic mass is 16.5. The molecule has 0 aromatic heterocycles. The third kappa shape index (κ3) is 3.15. The van der Waals surface area contributed by atoms with Crippen LogP contribution in [0.25, 0.3) is 0 Å². The molecule has 2 N–H and O–H groups in total. The van der Waals surface area contributed by atoms with Crippen molar-refractivity contribution in [2.45, 2.75) is 70.7 Å². The molecule has 2 aliphatic rings. The monoisotopic (exact) mass is 324 g/mol. The van der Waals surface area contributed by atoms with Gasteiger partial charge in [0.05, 0.1) is 11.6 Å². The Morgan fingerprint density at radius 2 is 2.04 bits per heavy atom. The summed E-state index contributed by atoms with van der Waals surface area (Å²) in [5.74, 6) is -0.836. The molecular formula is C17H28N2O4. The van der Waals surface area contributed by atoms with Gasteiger partial charge in [0.2, 0.25) is 5.91 Å². The Labute approximate surface area is 137 Å². The van der Waals surface area contributed by atoms with E-state index >= 15 is 0 Å². The summed E-state index contributed by atoms with van der Waals surface area (Å²) in [6.45, 7) is 7.86. The Morgan fingerprint density at radius 1 is 1.39 bits per heavy atom. The van der Waals surface area contributed by atoms with Gasteiger partial charge in [-0.05, 0) is 32.1 Å². The second-order valence-corrected chi connectivity index (χ2v) is 6.51. The van der Waals surface area contributed by atoms with Crippen LogP contribution in [0.1, 0.15) is 47.0 Å². The van der Waals surface area contributed by atoms with Crippen molar-refractivity contribution in [1.82, 2.24) is 10.2 Å². The lowest BCUT2D eigenvalue weighted by Crippen LogP contribution is -2.68. The number of allylic oxidation sites excluding steroid dienone is 1. The van der Waals surface area contributed by atoms with Crippen molar-refractivity contribution in [3.8, 4) is 0 Å². The standard InChI is InChI=1S/C17H28N2O4/c1-5-8-12-9-13(16(21)22)19-10-23-17(6-2,7-3)15(14(12)19)18-11(4)20/h5,8,12-15H,6-7,9-10H2,1-4H3,(H,18,20)(H,21,22)/b8-5-/t12-,13-,14-,15-/m1/s1. The number of hydrogen-bond donors (Lipinski definition) is 2. The van der Waals surface area contributed by atoms with Crippen LogP contribution in [-0.4, -0.2) is 52.3 Å². The highest BCUT2D eigenvalue weighted by Gasteiger charge is 2.56. The number of carbonyl (C=O) groups is 2. The minimum Gasteiger partial charge on any atom is -0.480 e. The van der Waals surface area contributed by atoms with Gasteiger partial charge in [0.15, 0.2) is 0 Å². The fraction of sp³-hybridized carbons (Fsp3) is 0.765. The normalized spacial score (nSPS) is 33.6. The molecule has 6 nitrogen and oxygen atoms in total. The maximum atomic E-state index is 11.8. The Balaban J connectivity index is 2.44. The zero-order chi connectivity index (χ0) is 17.2. The van der Waals surface area contributed by atoms with Crippen molar-refractivity contribution < 1.29 is 19.4 Å². The highest BCUT2D eigenvalue weighted by molar-refractivity contribution is 5.75. The minimum absolute atomic E-state index is 0.0511.